The molecule has 0 bridgehead atoms. The Morgan fingerprint density at radius 1 is 0.595 bits per heavy atom. The quantitative estimate of drug-likeness (QED) is 0.194. The molecule has 0 fully saturated rings. The highest BCUT2D eigenvalue weighted by Gasteiger charge is 2.65. The van der Waals surface area contributed by atoms with Gasteiger partial charge in [0.05, 0.1) is 11.4 Å². The molecule has 2 aromatic carbocycles. The number of alkyl halides is 6. The second-order valence-corrected chi connectivity index (χ2v) is 9.08. The predicted molar refractivity (Wildman–Crippen MR) is 136 cm³/mol. The zero-order valence-corrected chi connectivity index (χ0v) is 22.8. The van der Waals surface area contributed by atoms with Crippen molar-refractivity contribution >= 4 is 11.9 Å². The number of aromatic nitrogens is 1. The lowest BCUT2D eigenvalue weighted by Crippen LogP contribution is -2.52. The van der Waals surface area contributed by atoms with Crippen molar-refractivity contribution in [3.63, 3.8) is 0 Å². The number of rotatable bonds is 10. The molecule has 0 amide bonds. The van der Waals surface area contributed by atoms with Gasteiger partial charge in [-0.05, 0) is 26.0 Å². The molecule has 0 aliphatic rings. The predicted octanol–water partition coefficient (Wildman–Crippen LogP) is 6.50. The third kappa shape index (κ3) is 5.97. The summed E-state index contributed by atoms with van der Waals surface area (Å²) in [6.07, 6.45) is -13.2. The van der Waals surface area contributed by atoms with E-state index in [0.717, 1.165) is 38.5 Å². The van der Waals surface area contributed by atoms with Crippen molar-refractivity contribution in [2.45, 2.75) is 49.6 Å². The number of pyridine rings is 1. The van der Waals surface area contributed by atoms with Crippen molar-refractivity contribution in [2.75, 3.05) is 14.2 Å². The van der Waals surface area contributed by atoms with Crippen LogP contribution in [0.1, 0.15) is 48.6 Å². The fraction of sp³-hybridized carbons (Fsp3) is 0.345. The Morgan fingerprint density at radius 3 is 1.21 bits per heavy atom. The molecule has 0 saturated carbocycles. The van der Waals surface area contributed by atoms with Crippen LogP contribution in [0.2, 0.25) is 0 Å². The molecule has 0 aliphatic heterocycles. The average Bonchev–Trinajstić information content (AvgIpc) is 2.94. The number of hydrogen-bond acceptors (Lipinski definition) is 7. The molecule has 226 valence electrons. The van der Waals surface area contributed by atoms with Crippen molar-refractivity contribution in [3.8, 4) is 0 Å². The van der Waals surface area contributed by atoms with Gasteiger partial charge in [-0.15, -0.1) is 0 Å². The first kappa shape index (κ1) is 32.5. The molecular weight excluding hydrogens is 572 g/mol. The first-order valence-corrected chi connectivity index (χ1v) is 12.4. The van der Waals surface area contributed by atoms with E-state index in [-0.39, 0.29) is 11.4 Å². The van der Waals surface area contributed by atoms with Crippen LogP contribution < -0.4 is 0 Å². The molecule has 3 rings (SSSR count). The van der Waals surface area contributed by atoms with E-state index in [1.54, 1.807) is 0 Å². The van der Waals surface area contributed by atoms with Crippen LogP contribution in [0, 0.1) is 0 Å². The number of hydrogen-bond donors (Lipinski definition) is 0. The molecule has 3 aromatic rings. The van der Waals surface area contributed by atoms with E-state index in [1.165, 1.54) is 68.4 Å². The first-order valence-electron chi connectivity index (χ1n) is 12.4. The summed E-state index contributed by atoms with van der Waals surface area (Å²) < 4.78 is 105. The number of benzene rings is 2. The van der Waals surface area contributed by atoms with Crippen molar-refractivity contribution in [1.29, 1.82) is 0 Å². The van der Waals surface area contributed by atoms with Gasteiger partial charge in [0.1, 0.15) is 12.2 Å². The van der Waals surface area contributed by atoms with Gasteiger partial charge in [-0.1, -0.05) is 66.7 Å². The number of methoxy groups -OCH3 is 2. The van der Waals surface area contributed by atoms with E-state index in [9.17, 15) is 35.9 Å². The molecular formula is C29H27F6NO6. The van der Waals surface area contributed by atoms with Crippen LogP contribution in [0.4, 0.5) is 26.3 Å². The Hall–Kier alpha value is -3.97. The van der Waals surface area contributed by atoms with Crippen molar-refractivity contribution < 1.29 is 54.9 Å². The van der Waals surface area contributed by atoms with E-state index in [0.29, 0.717) is 0 Å². The standard InChI is InChI=1S/C29H27F6NO6/c1-18(41-24(37)26(39-3,28(30,31)32)20-12-7-5-8-13-20)22-16-11-17-23(36-22)19(2)42-25(38)27(40-4,29(33,34)35)21-14-9-6-10-15-21/h5-19H,1-4H3/t18-,19+,26?,27?. The van der Waals surface area contributed by atoms with Gasteiger partial charge in [0.15, 0.2) is 0 Å². The second-order valence-electron chi connectivity index (χ2n) is 9.08. The summed E-state index contributed by atoms with van der Waals surface area (Å²) in [4.78, 5) is 30.1. The van der Waals surface area contributed by atoms with Gasteiger partial charge in [0.2, 0.25) is 0 Å². The molecule has 13 heteroatoms. The van der Waals surface area contributed by atoms with Gasteiger partial charge >= 0.3 is 24.3 Å². The van der Waals surface area contributed by atoms with Crippen molar-refractivity contribution in [3.05, 3.63) is 101 Å². The maximum Gasteiger partial charge on any atom is 0.432 e. The monoisotopic (exact) mass is 599 g/mol. The lowest BCUT2D eigenvalue weighted by Gasteiger charge is -2.33. The van der Waals surface area contributed by atoms with Crippen LogP contribution in [0.25, 0.3) is 0 Å². The first-order chi connectivity index (χ1) is 19.7. The molecule has 1 aromatic heterocycles. The summed E-state index contributed by atoms with van der Waals surface area (Å²) in [7, 11) is 1.44. The Balaban J connectivity index is 1.88. The van der Waals surface area contributed by atoms with Crippen LogP contribution in [0.5, 0.6) is 0 Å². The highest BCUT2D eigenvalue weighted by molar-refractivity contribution is 5.83. The molecule has 1 heterocycles. The number of ether oxygens (including phenoxy) is 4. The SMILES string of the molecule is COC(C(=O)O[C@@H](C)c1cccc([C@@H](C)OC(=O)C(OC)(c2ccccc2)C(F)(F)F)n1)(c1ccccc1)C(F)(F)F. The molecule has 7 nitrogen and oxygen atoms in total. The summed E-state index contributed by atoms with van der Waals surface area (Å²) in [6.45, 7) is 2.50. The number of nitrogens with zero attached hydrogens (tertiary/aromatic N) is 1. The van der Waals surface area contributed by atoms with Crippen molar-refractivity contribution in [1.82, 2.24) is 4.98 Å². The molecule has 4 atom stereocenters. The fourth-order valence-corrected chi connectivity index (χ4v) is 4.30. The van der Waals surface area contributed by atoms with Crippen LogP contribution >= 0.6 is 0 Å². The minimum Gasteiger partial charge on any atom is -0.453 e. The van der Waals surface area contributed by atoms with Crippen molar-refractivity contribution in [2.24, 2.45) is 0 Å². The lowest BCUT2D eigenvalue weighted by molar-refractivity contribution is -0.279. The summed E-state index contributed by atoms with van der Waals surface area (Å²) in [6, 6.07) is 16.4. The van der Waals surface area contributed by atoms with E-state index in [1.807, 2.05) is 0 Å². The molecule has 0 spiro atoms. The number of carbonyl (C=O) groups is 2. The Labute approximate surface area is 237 Å². The summed E-state index contributed by atoms with van der Waals surface area (Å²) in [5.41, 5.74) is -8.04. The molecule has 0 aliphatic carbocycles. The van der Waals surface area contributed by atoms with Gasteiger partial charge in [-0.3, -0.25) is 4.98 Å². The maximum atomic E-state index is 14.2. The Morgan fingerprint density at radius 2 is 0.929 bits per heavy atom. The molecule has 42 heavy (non-hydrogen) atoms. The fourth-order valence-electron chi connectivity index (χ4n) is 4.30. The molecule has 2 unspecified atom stereocenters. The Kier molecular flexibility index (Phi) is 9.68. The van der Waals surface area contributed by atoms with Crippen LogP contribution in [0.3, 0.4) is 0 Å². The zero-order valence-electron chi connectivity index (χ0n) is 22.8. The van der Waals surface area contributed by atoms with E-state index < -0.39 is 58.8 Å². The third-order valence-electron chi connectivity index (χ3n) is 6.54. The zero-order chi connectivity index (χ0) is 31.3. The third-order valence-corrected chi connectivity index (χ3v) is 6.54. The topological polar surface area (TPSA) is 84.0 Å². The van der Waals surface area contributed by atoms with E-state index in [4.69, 9.17) is 18.9 Å². The number of carbonyl (C=O) groups excluding carboxylic acids is 2. The minimum atomic E-state index is -5.21. The van der Waals surface area contributed by atoms with Gasteiger partial charge in [0, 0.05) is 25.3 Å². The Bertz CT molecular complexity index is 1270. The average molecular weight is 600 g/mol. The molecule has 0 saturated heterocycles. The lowest BCUT2D eigenvalue weighted by atomic mass is 9.92. The second kappa shape index (κ2) is 12.5. The van der Waals surface area contributed by atoms with E-state index in [2.05, 4.69) is 4.98 Å². The normalized spacial score (nSPS) is 16.4. The van der Waals surface area contributed by atoms with Gasteiger partial charge in [-0.2, -0.15) is 26.3 Å². The van der Waals surface area contributed by atoms with E-state index >= 15 is 0 Å². The largest absolute Gasteiger partial charge is 0.453 e. The number of esters is 2. The maximum absolute atomic E-state index is 14.2. The smallest absolute Gasteiger partial charge is 0.432 e. The molecule has 0 radical (unpaired) electrons. The van der Waals surface area contributed by atoms with Crippen LogP contribution in [-0.4, -0.2) is 43.5 Å². The summed E-state index contributed by atoms with van der Waals surface area (Å²) >= 11 is 0. The summed E-state index contributed by atoms with van der Waals surface area (Å²) in [5.74, 6) is -3.53. The van der Waals surface area contributed by atoms with Crippen LogP contribution in [-0.2, 0) is 39.7 Å². The van der Waals surface area contributed by atoms with Gasteiger partial charge in [-0.25, -0.2) is 9.59 Å². The molecule has 0 N–H and O–H groups in total. The van der Waals surface area contributed by atoms with Gasteiger partial charge < -0.3 is 18.9 Å². The number of halogens is 6. The minimum absolute atomic E-state index is 0.0686. The van der Waals surface area contributed by atoms with Gasteiger partial charge in [0.25, 0.3) is 11.2 Å². The summed E-state index contributed by atoms with van der Waals surface area (Å²) in [5, 5.41) is 0. The highest BCUT2D eigenvalue weighted by atomic mass is 19.4. The van der Waals surface area contributed by atoms with Crippen LogP contribution in [0.15, 0.2) is 78.9 Å². The highest BCUT2D eigenvalue weighted by Crippen LogP contribution is 2.45.